The maximum Gasteiger partial charge on any atom is 0.191 e. The number of halogens is 2. The van der Waals surface area contributed by atoms with Crippen molar-refractivity contribution in [2.75, 3.05) is 7.05 Å². The van der Waals surface area contributed by atoms with Gasteiger partial charge in [0.2, 0.25) is 0 Å². The zero-order valence-corrected chi connectivity index (χ0v) is 13.8. The van der Waals surface area contributed by atoms with Gasteiger partial charge < -0.3 is 10.6 Å². The average molecular weight is 329 g/mol. The van der Waals surface area contributed by atoms with Gasteiger partial charge in [0.1, 0.15) is 11.6 Å². The third-order valence-electron chi connectivity index (χ3n) is 4.34. The molecule has 1 fully saturated rings. The summed E-state index contributed by atoms with van der Waals surface area (Å²) in [6.07, 6.45) is 0.876. The molecular weight excluding hydrogens is 308 g/mol. The zero-order chi connectivity index (χ0) is 17.1. The van der Waals surface area contributed by atoms with Crippen LogP contribution in [0.25, 0.3) is 0 Å². The summed E-state index contributed by atoms with van der Waals surface area (Å²) in [6, 6.07) is 12.2. The van der Waals surface area contributed by atoms with Crippen LogP contribution in [0.2, 0.25) is 0 Å². The molecule has 2 aromatic carbocycles. The Labute approximate surface area is 140 Å². The lowest BCUT2D eigenvalue weighted by Crippen LogP contribution is -2.38. The van der Waals surface area contributed by atoms with Crippen molar-refractivity contribution >= 4 is 5.96 Å². The van der Waals surface area contributed by atoms with Crippen LogP contribution in [0.15, 0.2) is 47.5 Å². The number of hydrogen-bond acceptors (Lipinski definition) is 1. The van der Waals surface area contributed by atoms with Crippen LogP contribution in [0.3, 0.4) is 0 Å². The van der Waals surface area contributed by atoms with E-state index < -0.39 is 0 Å². The number of nitrogens with zero attached hydrogens (tertiary/aromatic N) is 1. The zero-order valence-electron chi connectivity index (χ0n) is 13.8. The van der Waals surface area contributed by atoms with Crippen molar-refractivity contribution < 1.29 is 8.78 Å². The third-order valence-corrected chi connectivity index (χ3v) is 4.34. The summed E-state index contributed by atoms with van der Waals surface area (Å²) in [6.45, 7) is 2.22. The first-order chi connectivity index (χ1) is 11.6. The van der Waals surface area contributed by atoms with Crippen molar-refractivity contribution in [2.24, 2.45) is 4.99 Å². The Balaban J connectivity index is 1.55. The lowest BCUT2D eigenvalue weighted by atomic mass is 10.1. The minimum Gasteiger partial charge on any atom is -0.353 e. The van der Waals surface area contributed by atoms with E-state index in [9.17, 15) is 8.78 Å². The van der Waals surface area contributed by atoms with Gasteiger partial charge in [0, 0.05) is 25.6 Å². The maximum absolute atomic E-state index is 13.8. The molecule has 2 N–H and O–H groups in total. The number of nitrogens with one attached hydrogen (secondary N) is 2. The summed E-state index contributed by atoms with van der Waals surface area (Å²) in [5, 5.41) is 6.46. The molecule has 2 unspecified atom stereocenters. The van der Waals surface area contributed by atoms with Crippen molar-refractivity contribution in [1.29, 1.82) is 0 Å². The highest BCUT2D eigenvalue weighted by Gasteiger charge is 2.40. The highest BCUT2D eigenvalue weighted by molar-refractivity contribution is 5.80. The molecule has 2 aromatic rings. The van der Waals surface area contributed by atoms with Gasteiger partial charge in [-0.15, -0.1) is 0 Å². The first-order valence-corrected chi connectivity index (χ1v) is 8.05. The molecule has 3 nitrogen and oxygen atoms in total. The van der Waals surface area contributed by atoms with E-state index in [1.165, 1.54) is 12.1 Å². The Morgan fingerprint density at radius 1 is 1.17 bits per heavy atom. The van der Waals surface area contributed by atoms with Crippen molar-refractivity contribution in [2.45, 2.75) is 31.8 Å². The van der Waals surface area contributed by atoms with Crippen LogP contribution in [0.1, 0.15) is 29.0 Å². The number of aryl methyl sites for hydroxylation is 1. The monoisotopic (exact) mass is 329 g/mol. The third kappa shape index (κ3) is 3.72. The Bertz CT molecular complexity index is 758. The van der Waals surface area contributed by atoms with Crippen LogP contribution < -0.4 is 10.6 Å². The van der Waals surface area contributed by atoms with E-state index in [2.05, 4.69) is 15.6 Å². The fourth-order valence-corrected chi connectivity index (χ4v) is 2.78. The second-order valence-electron chi connectivity index (χ2n) is 6.12. The van der Waals surface area contributed by atoms with Gasteiger partial charge in [-0.05, 0) is 42.2 Å². The van der Waals surface area contributed by atoms with E-state index in [0.717, 1.165) is 17.5 Å². The number of rotatable bonds is 4. The van der Waals surface area contributed by atoms with Gasteiger partial charge in [0.25, 0.3) is 0 Å². The van der Waals surface area contributed by atoms with Gasteiger partial charge in [0.05, 0.1) is 0 Å². The van der Waals surface area contributed by atoms with Crippen LogP contribution in [0, 0.1) is 18.6 Å². The summed E-state index contributed by atoms with van der Waals surface area (Å²) < 4.78 is 27.4. The molecule has 3 rings (SSSR count). The Hall–Kier alpha value is -2.43. The summed E-state index contributed by atoms with van der Waals surface area (Å²) in [5.41, 5.74) is 2.22. The smallest absolute Gasteiger partial charge is 0.191 e. The van der Waals surface area contributed by atoms with E-state index in [0.29, 0.717) is 18.1 Å². The molecular formula is C19H21F2N3. The molecule has 0 amide bonds. The first kappa shape index (κ1) is 16.4. The topological polar surface area (TPSA) is 36.4 Å². The SMILES string of the molecule is CN=C(NCc1ccc(C)c(F)c1)NC1CC1c1ccccc1F. The molecule has 1 aliphatic carbocycles. The molecule has 1 aliphatic rings. The number of aliphatic imine (C=N–C) groups is 1. The van der Waals surface area contributed by atoms with E-state index >= 15 is 0 Å². The maximum atomic E-state index is 13.8. The van der Waals surface area contributed by atoms with Gasteiger partial charge in [-0.25, -0.2) is 8.78 Å². The largest absolute Gasteiger partial charge is 0.353 e. The van der Waals surface area contributed by atoms with E-state index in [4.69, 9.17) is 0 Å². The fraction of sp³-hybridized carbons (Fsp3) is 0.316. The molecule has 0 aromatic heterocycles. The quantitative estimate of drug-likeness (QED) is 0.665. The van der Waals surface area contributed by atoms with Crippen molar-refractivity contribution in [3.8, 4) is 0 Å². The molecule has 126 valence electrons. The molecule has 5 heteroatoms. The van der Waals surface area contributed by atoms with Gasteiger partial charge in [0.15, 0.2) is 5.96 Å². The molecule has 0 bridgehead atoms. The molecule has 2 atom stereocenters. The predicted octanol–water partition coefficient (Wildman–Crippen LogP) is 3.49. The standard InChI is InChI=1S/C19H21F2N3/c1-12-7-8-13(9-17(12)21)11-23-19(22-2)24-18-10-15(18)14-5-3-4-6-16(14)20/h3-9,15,18H,10-11H2,1-2H3,(H2,22,23,24). The van der Waals surface area contributed by atoms with E-state index in [1.807, 2.05) is 18.2 Å². The van der Waals surface area contributed by atoms with Crippen LogP contribution in [-0.4, -0.2) is 19.0 Å². The van der Waals surface area contributed by atoms with Gasteiger partial charge in [-0.1, -0.05) is 30.3 Å². The Morgan fingerprint density at radius 3 is 2.67 bits per heavy atom. The van der Waals surface area contributed by atoms with Crippen molar-refractivity contribution in [1.82, 2.24) is 10.6 Å². The van der Waals surface area contributed by atoms with E-state index in [-0.39, 0.29) is 23.6 Å². The second kappa shape index (κ2) is 6.99. The summed E-state index contributed by atoms with van der Waals surface area (Å²) in [7, 11) is 1.69. The van der Waals surface area contributed by atoms with Crippen LogP contribution in [0.5, 0.6) is 0 Å². The van der Waals surface area contributed by atoms with Gasteiger partial charge in [-0.2, -0.15) is 0 Å². The van der Waals surface area contributed by atoms with Crippen molar-refractivity contribution in [3.05, 3.63) is 70.8 Å². The van der Waals surface area contributed by atoms with Crippen LogP contribution in [0.4, 0.5) is 8.78 Å². The average Bonchev–Trinajstić information content (AvgIpc) is 3.34. The molecule has 0 aliphatic heterocycles. The second-order valence-corrected chi connectivity index (χ2v) is 6.12. The first-order valence-electron chi connectivity index (χ1n) is 8.05. The summed E-state index contributed by atoms with van der Waals surface area (Å²) >= 11 is 0. The van der Waals surface area contributed by atoms with Gasteiger partial charge in [-0.3, -0.25) is 4.99 Å². The summed E-state index contributed by atoms with van der Waals surface area (Å²) in [4.78, 5) is 4.18. The number of benzene rings is 2. The minimum atomic E-state index is -0.209. The molecule has 0 spiro atoms. The lowest BCUT2D eigenvalue weighted by molar-refractivity contribution is 0.607. The molecule has 0 saturated heterocycles. The lowest BCUT2D eigenvalue weighted by Gasteiger charge is -2.12. The molecule has 24 heavy (non-hydrogen) atoms. The normalized spacial score (nSPS) is 19.9. The van der Waals surface area contributed by atoms with Gasteiger partial charge >= 0.3 is 0 Å². The predicted molar refractivity (Wildman–Crippen MR) is 92.0 cm³/mol. The van der Waals surface area contributed by atoms with Crippen LogP contribution >= 0.6 is 0 Å². The molecule has 1 saturated carbocycles. The minimum absolute atomic E-state index is 0.162. The Morgan fingerprint density at radius 2 is 1.96 bits per heavy atom. The van der Waals surface area contributed by atoms with Crippen LogP contribution in [-0.2, 0) is 6.54 Å². The van der Waals surface area contributed by atoms with Crippen molar-refractivity contribution in [3.63, 3.8) is 0 Å². The molecule has 0 heterocycles. The molecule has 0 radical (unpaired) electrons. The number of hydrogen-bond donors (Lipinski definition) is 2. The summed E-state index contributed by atoms with van der Waals surface area (Å²) in [5.74, 6) is 0.435. The van der Waals surface area contributed by atoms with E-state index in [1.54, 1.807) is 26.1 Å². The Kier molecular flexibility index (Phi) is 4.79. The number of guanidine groups is 1. The highest BCUT2D eigenvalue weighted by Crippen LogP contribution is 2.41. The highest BCUT2D eigenvalue weighted by atomic mass is 19.1. The fourth-order valence-electron chi connectivity index (χ4n) is 2.78.